The first kappa shape index (κ1) is 17.1. The van der Waals surface area contributed by atoms with E-state index in [-0.39, 0.29) is 5.91 Å². The van der Waals surface area contributed by atoms with Gasteiger partial charge >= 0.3 is 0 Å². The highest BCUT2D eigenvalue weighted by atomic mass is 32.1. The molecule has 2 heterocycles. The lowest BCUT2D eigenvalue weighted by molar-refractivity contribution is -0.116. The third-order valence-corrected chi connectivity index (χ3v) is 5.23. The second-order valence-electron chi connectivity index (χ2n) is 6.44. The number of rotatable bonds is 6. The fraction of sp³-hybridized carbons (Fsp3) is 0.444. The quantitative estimate of drug-likeness (QED) is 0.874. The first-order valence-electron chi connectivity index (χ1n) is 8.26. The summed E-state index contributed by atoms with van der Waals surface area (Å²) in [6.07, 6.45) is 3.26. The molecule has 3 rings (SSSR count). The summed E-state index contributed by atoms with van der Waals surface area (Å²) in [7, 11) is 4.27. The second-order valence-corrected chi connectivity index (χ2v) is 7.33. The van der Waals surface area contributed by atoms with E-state index >= 15 is 0 Å². The minimum Gasteiger partial charge on any atom is -0.304 e. The van der Waals surface area contributed by atoms with Crippen molar-refractivity contribution < 1.29 is 4.79 Å². The SMILES string of the molecule is CN(CCC(=O)Nc1nccs1)C[C@H]1Cc2ccccc2CN1C. The lowest BCUT2D eigenvalue weighted by Crippen LogP contribution is -2.45. The fourth-order valence-electron chi connectivity index (χ4n) is 3.13. The summed E-state index contributed by atoms with van der Waals surface area (Å²) in [4.78, 5) is 20.7. The predicted molar refractivity (Wildman–Crippen MR) is 98.3 cm³/mol. The van der Waals surface area contributed by atoms with E-state index < -0.39 is 0 Å². The maximum atomic E-state index is 12.0. The minimum absolute atomic E-state index is 0.0270. The van der Waals surface area contributed by atoms with E-state index in [9.17, 15) is 4.79 Å². The van der Waals surface area contributed by atoms with Crippen LogP contribution in [0.2, 0.25) is 0 Å². The topological polar surface area (TPSA) is 48.5 Å². The van der Waals surface area contributed by atoms with Crippen LogP contribution >= 0.6 is 11.3 Å². The number of amides is 1. The van der Waals surface area contributed by atoms with Crippen LogP contribution in [-0.4, -0.2) is 53.9 Å². The van der Waals surface area contributed by atoms with Crippen molar-refractivity contribution in [2.24, 2.45) is 0 Å². The van der Waals surface area contributed by atoms with Crippen molar-refractivity contribution in [3.63, 3.8) is 0 Å². The molecule has 1 amide bonds. The number of nitrogens with one attached hydrogen (secondary N) is 1. The van der Waals surface area contributed by atoms with Gasteiger partial charge in [-0.3, -0.25) is 9.69 Å². The average molecular weight is 344 g/mol. The molecule has 2 aromatic rings. The van der Waals surface area contributed by atoms with Gasteiger partial charge in [-0.15, -0.1) is 11.3 Å². The summed E-state index contributed by atoms with van der Waals surface area (Å²) in [5, 5.41) is 5.37. The van der Waals surface area contributed by atoms with Crippen molar-refractivity contribution in [2.75, 3.05) is 32.5 Å². The van der Waals surface area contributed by atoms with Crippen molar-refractivity contribution in [3.05, 3.63) is 47.0 Å². The van der Waals surface area contributed by atoms with Crippen LogP contribution in [0.3, 0.4) is 0 Å². The lowest BCUT2D eigenvalue weighted by atomic mass is 9.94. The van der Waals surface area contributed by atoms with Gasteiger partial charge in [-0.1, -0.05) is 24.3 Å². The predicted octanol–water partition coefficient (Wildman–Crippen LogP) is 2.46. The van der Waals surface area contributed by atoms with Crippen LogP contribution in [0.5, 0.6) is 0 Å². The molecule has 1 aromatic heterocycles. The molecule has 24 heavy (non-hydrogen) atoms. The monoisotopic (exact) mass is 344 g/mol. The van der Waals surface area contributed by atoms with Gasteiger partial charge in [0.2, 0.25) is 5.91 Å². The Kier molecular flexibility index (Phi) is 5.60. The average Bonchev–Trinajstić information content (AvgIpc) is 3.06. The molecule has 1 atom stereocenters. The zero-order valence-corrected chi connectivity index (χ0v) is 15.1. The normalized spacial score (nSPS) is 17.7. The van der Waals surface area contributed by atoms with Gasteiger partial charge < -0.3 is 10.2 Å². The first-order chi connectivity index (χ1) is 11.6. The Hall–Kier alpha value is -1.76. The number of fused-ring (bicyclic) bond motifs is 1. The number of hydrogen-bond acceptors (Lipinski definition) is 5. The molecule has 1 aromatic carbocycles. The lowest BCUT2D eigenvalue weighted by Gasteiger charge is -2.36. The molecule has 1 N–H and O–H groups in total. The van der Waals surface area contributed by atoms with Crippen molar-refractivity contribution in [1.29, 1.82) is 0 Å². The summed E-state index contributed by atoms with van der Waals surface area (Å²) in [5.74, 6) is 0.0270. The molecule has 0 saturated heterocycles. The van der Waals surface area contributed by atoms with Crippen molar-refractivity contribution in [1.82, 2.24) is 14.8 Å². The van der Waals surface area contributed by atoms with Crippen LogP contribution in [0.1, 0.15) is 17.5 Å². The van der Waals surface area contributed by atoms with E-state index in [0.717, 1.165) is 26.1 Å². The summed E-state index contributed by atoms with van der Waals surface area (Å²) in [6.45, 7) is 2.72. The second kappa shape index (κ2) is 7.88. The fourth-order valence-corrected chi connectivity index (χ4v) is 3.68. The highest BCUT2D eigenvalue weighted by Gasteiger charge is 2.24. The van der Waals surface area contributed by atoms with Crippen LogP contribution < -0.4 is 5.32 Å². The summed E-state index contributed by atoms with van der Waals surface area (Å²) in [6, 6.07) is 9.17. The third kappa shape index (κ3) is 4.41. The standard InChI is InChI=1S/C18H24N4OS/c1-21(9-7-17(23)20-18-19-8-10-24-18)13-16-11-14-5-3-4-6-15(14)12-22(16)2/h3-6,8,10,16H,7,9,11-13H2,1-2H3,(H,19,20,23)/t16-/m1/s1. The van der Waals surface area contributed by atoms with Gasteiger partial charge in [0.25, 0.3) is 0 Å². The van der Waals surface area contributed by atoms with E-state index in [1.807, 2.05) is 5.38 Å². The molecule has 0 unspecified atom stereocenters. The Morgan fingerprint density at radius 3 is 2.96 bits per heavy atom. The Bertz CT molecular complexity index is 673. The molecular formula is C18H24N4OS. The summed E-state index contributed by atoms with van der Waals surface area (Å²) < 4.78 is 0. The number of nitrogens with zero attached hydrogens (tertiary/aromatic N) is 3. The molecule has 128 valence electrons. The number of hydrogen-bond donors (Lipinski definition) is 1. The van der Waals surface area contributed by atoms with E-state index in [4.69, 9.17) is 0 Å². The van der Waals surface area contributed by atoms with E-state index in [2.05, 4.69) is 58.5 Å². The van der Waals surface area contributed by atoms with E-state index in [1.54, 1.807) is 6.20 Å². The van der Waals surface area contributed by atoms with Gasteiger partial charge in [-0.05, 0) is 31.6 Å². The van der Waals surface area contributed by atoms with Crippen LogP contribution in [-0.2, 0) is 17.8 Å². The van der Waals surface area contributed by atoms with Gasteiger partial charge in [0.15, 0.2) is 5.13 Å². The zero-order chi connectivity index (χ0) is 16.9. The highest BCUT2D eigenvalue weighted by Crippen LogP contribution is 2.22. The molecule has 0 bridgehead atoms. The molecule has 0 saturated carbocycles. The number of benzene rings is 1. The zero-order valence-electron chi connectivity index (χ0n) is 14.2. The Morgan fingerprint density at radius 2 is 2.21 bits per heavy atom. The molecule has 1 aliphatic rings. The van der Waals surface area contributed by atoms with E-state index in [0.29, 0.717) is 17.6 Å². The Morgan fingerprint density at radius 1 is 1.42 bits per heavy atom. The van der Waals surface area contributed by atoms with Crippen LogP contribution in [0.25, 0.3) is 0 Å². The number of likely N-dealkylation sites (N-methyl/N-ethyl adjacent to an activating group) is 2. The van der Waals surface area contributed by atoms with Gasteiger partial charge in [-0.2, -0.15) is 0 Å². The number of anilines is 1. The molecule has 0 radical (unpaired) electrons. The molecule has 5 nitrogen and oxygen atoms in total. The molecule has 0 fully saturated rings. The maximum absolute atomic E-state index is 12.0. The number of thiazole rings is 1. The van der Waals surface area contributed by atoms with Crippen molar-refractivity contribution >= 4 is 22.4 Å². The third-order valence-electron chi connectivity index (χ3n) is 4.54. The molecular weight excluding hydrogens is 320 g/mol. The first-order valence-corrected chi connectivity index (χ1v) is 9.14. The molecule has 0 aliphatic carbocycles. The largest absolute Gasteiger partial charge is 0.304 e. The maximum Gasteiger partial charge on any atom is 0.227 e. The van der Waals surface area contributed by atoms with Gasteiger partial charge in [0.05, 0.1) is 0 Å². The summed E-state index contributed by atoms with van der Waals surface area (Å²) in [5.41, 5.74) is 2.89. The van der Waals surface area contributed by atoms with Gasteiger partial charge in [0, 0.05) is 43.7 Å². The minimum atomic E-state index is 0.0270. The number of carbonyl (C=O) groups is 1. The molecule has 6 heteroatoms. The highest BCUT2D eigenvalue weighted by molar-refractivity contribution is 7.13. The van der Waals surface area contributed by atoms with E-state index in [1.165, 1.54) is 22.5 Å². The van der Waals surface area contributed by atoms with Gasteiger partial charge in [-0.25, -0.2) is 4.98 Å². The Balaban J connectivity index is 1.46. The smallest absolute Gasteiger partial charge is 0.227 e. The van der Waals surface area contributed by atoms with Crippen molar-refractivity contribution in [2.45, 2.75) is 25.4 Å². The van der Waals surface area contributed by atoms with Gasteiger partial charge in [0.1, 0.15) is 0 Å². The number of aromatic nitrogens is 1. The van der Waals surface area contributed by atoms with Crippen LogP contribution in [0, 0.1) is 0 Å². The van der Waals surface area contributed by atoms with Crippen molar-refractivity contribution in [3.8, 4) is 0 Å². The van der Waals surface area contributed by atoms with Crippen LogP contribution in [0.4, 0.5) is 5.13 Å². The molecule has 1 aliphatic heterocycles. The molecule has 0 spiro atoms. The summed E-state index contributed by atoms with van der Waals surface area (Å²) >= 11 is 1.44. The number of carbonyl (C=O) groups excluding carboxylic acids is 1. The van der Waals surface area contributed by atoms with Crippen LogP contribution in [0.15, 0.2) is 35.8 Å². The Labute approximate surface area is 147 Å².